The molecule has 62 heavy (non-hydrogen) atoms. The molecule has 23 heteroatoms. The number of primary amides is 1. The number of halogens is 1. The number of nitrogens with two attached hydrogens (primary N) is 3. The Kier molecular flexibility index (Phi) is 20.5. The van der Waals surface area contributed by atoms with Crippen LogP contribution >= 0.6 is 11.6 Å². The van der Waals surface area contributed by atoms with Gasteiger partial charge in [0, 0.05) is 19.6 Å². The Balaban J connectivity index is 1.55. The van der Waals surface area contributed by atoms with Crippen molar-refractivity contribution in [1.82, 2.24) is 30.8 Å². The Morgan fingerprint density at radius 1 is 0.774 bits per heavy atom. The smallest absolute Gasteiger partial charge is 0.280 e. The lowest BCUT2D eigenvalue weighted by Crippen LogP contribution is -2.55. The van der Waals surface area contributed by atoms with Crippen molar-refractivity contribution in [2.45, 2.75) is 93.4 Å². The minimum absolute atomic E-state index is 0.0523. The third kappa shape index (κ3) is 15.1. The van der Waals surface area contributed by atoms with E-state index < -0.39 is 92.5 Å². The molecule has 0 saturated heterocycles. The van der Waals surface area contributed by atoms with Crippen molar-refractivity contribution in [2.75, 3.05) is 57.4 Å². The van der Waals surface area contributed by atoms with Crippen molar-refractivity contribution in [1.29, 1.82) is 5.41 Å². The van der Waals surface area contributed by atoms with Crippen molar-refractivity contribution in [3.05, 3.63) is 58.4 Å². The monoisotopic (exact) mass is 896 g/mol. The number of nitrogens with one attached hydrogen (secondary N) is 4. The van der Waals surface area contributed by atoms with E-state index in [4.69, 9.17) is 44.4 Å². The molecule has 346 valence electrons. The summed E-state index contributed by atoms with van der Waals surface area (Å²) < 4.78 is 0. The Morgan fingerprint density at radius 3 is 1.85 bits per heavy atom. The molecule has 0 radical (unpaired) electrons. The lowest BCUT2D eigenvalue weighted by Gasteiger charge is -2.34. The number of aryl methyl sites for hydroxylation is 1. The van der Waals surface area contributed by atoms with Crippen molar-refractivity contribution in [3.8, 4) is 0 Å². The lowest BCUT2D eigenvalue weighted by molar-refractivity contribution is -0.130. The molecule has 1 aromatic heterocycles. The Morgan fingerprint density at radius 2 is 1.31 bits per heavy atom. The third-order valence-corrected chi connectivity index (χ3v) is 10.6. The summed E-state index contributed by atoms with van der Waals surface area (Å²) in [6.07, 6.45) is -11.9. The second kappa shape index (κ2) is 24.4. The fourth-order valence-corrected chi connectivity index (χ4v) is 6.67. The molecule has 2 aromatic carbocycles. The van der Waals surface area contributed by atoms with Gasteiger partial charge in [-0.05, 0) is 74.0 Å². The molecule has 2 amide bonds. The van der Waals surface area contributed by atoms with Gasteiger partial charge in [-0.1, -0.05) is 48.0 Å². The number of nitrogen functional groups attached to an aromatic ring is 2. The van der Waals surface area contributed by atoms with Crippen molar-refractivity contribution < 1.29 is 60.7 Å². The summed E-state index contributed by atoms with van der Waals surface area (Å²) in [5.41, 5.74) is 17.5. The summed E-state index contributed by atoms with van der Waals surface area (Å²) >= 11 is 5.83. The maximum absolute atomic E-state index is 12.8. The predicted octanol–water partition coefficient (Wildman–Crippen LogP) is -4.34. The molecular formula is C39H61ClN10O12. The van der Waals surface area contributed by atoms with Gasteiger partial charge in [-0.25, -0.2) is 9.97 Å². The predicted molar refractivity (Wildman–Crippen MR) is 229 cm³/mol. The van der Waals surface area contributed by atoms with E-state index in [2.05, 4.69) is 32.0 Å². The molecule has 3 rings (SSSR count). The largest absolute Gasteiger partial charge is 0.394 e. The van der Waals surface area contributed by atoms with Crippen molar-refractivity contribution >= 4 is 51.8 Å². The van der Waals surface area contributed by atoms with Crippen molar-refractivity contribution in [2.24, 2.45) is 5.73 Å². The highest BCUT2D eigenvalue weighted by Crippen LogP contribution is 2.23. The molecule has 1 heterocycles. The zero-order chi connectivity index (χ0) is 46.3. The topological polar surface area (TPSA) is 403 Å². The first kappa shape index (κ1) is 51.9. The van der Waals surface area contributed by atoms with Crippen LogP contribution in [0.4, 0.5) is 11.6 Å². The summed E-state index contributed by atoms with van der Waals surface area (Å²) in [4.78, 5) is 34.1. The zero-order valence-electron chi connectivity index (χ0n) is 34.3. The number of benzene rings is 2. The van der Waals surface area contributed by atoms with Crippen LogP contribution in [0.15, 0.2) is 36.4 Å². The standard InChI is InChI=1S/C39H61ClN10O12/c1-39(37(43)62,46-11-4-12-50(16-24(53)29(57)31(59)26(55)18-51)17-25(54)30(58)32(60)27(56)19-52)15-21-7-9-22-13-20(6-8-23(22)14-21)5-2-3-10-45-38(44)49-36(61)28-34(41)48-35(42)33(40)47-28/h6-9,13-14,24-27,29-32,46,51-60H,2-5,10-12,15-19H2,1H3,(H2,43,62)(H4,41,42,48)(H3,44,45,49,61)/t24-,25-,26+,27+,29+,30+,31+,32+,39-/m0/s1. The number of guanidine groups is 1. The van der Waals surface area contributed by atoms with E-state index in [9.17, 15) is 50.4 Å². The van der Waals surface area contributed by atoms with E-state index >= 15 is 0 Å². The van der Waals surface area contributed by atoms with E-state index in [1.807, 2.05) is 30.3 Å². The van der Waals surface area contributed by atoms with Gasteiger partial charge in [0.2, 0.25) is 5.91 Å². The van der Waals surface area contributed by atoms with Crippen LogP contribution in [0.25, 0.3) is 10.8 Å². The fourth-order valence-electron chi connectivity index (χ4n) is 6.54. The lowest BCUT2D eigenvalue weighted by atomic mass is 9.90. The molecule has 0 aliphatic carbocycles. The van der Waals surface area contributed by atoms with Crippen LogP contribution in [-0.2, 0) is 17.6 Å². The van der Waals surface area contributed by atoms with Gasteiger partial charge in [-0.15, -0.1) is 0 Å². The number of rotatable bonds is 26. The number of carbonyl (C=O) groups is 2. The maximum atomic E-state index is 12.8. The molecule has 22 nitrogen and oxygen atoms in total. The highest BCUT2D eigenvalue weighted by molar-refractivity contribution is 6.31. The van der Waals surface area contributed by atoms with E-state index in [-0.39, 0.29) is 54.4 Å². The van der Waals surface area contributed by atoms with Gasteiger partial charge in [0.05, 0.1) is 31.0 Å². The number of anilines is 2. The Labute approximate surface area is 362 Å². The third-order valence-electron chi connectivity index (χ3n) is 10.3. The zero-order valence-corrected chi connectivity index (χ0v) is 35.1. The maximum Gasteiger partial charge on any atom is 0.280 e. The van der Waals surface area contributed by atoms with Gasteiger partial charge in [0.25, 0.3) is 5.91 Å². The quantitative estimate of drug-likeness (QED) is 0.0206. The number of aliphatic hydroxyl groups excluding tert-OH is 10. The number of aliphatic hydroxyl groups is 10. The SMILES string of the molecule is C[C@@](Cc1ccc2cc(CCCCNC(=N)NC(=O)c3nc(Cl)c(N)nc3N)ccc2c1)(NCCCN(C[C@H](O)[C@@H](O)[C@H](O)[C@H](O)CO)C[C@H](O)[C@@H](O)[C@H](O)[C@H](O)CO)C(N)=O. The van der Waals surface area contributed by atoms with Gasteiger partial charge in [-0.2, -0.15) is 0 Å². The number of unbranched alkanes of at least 4 members (excludes halogenated alkanes) is 1. The van der Waals surface area contributed by atoms with Gasteiger partial charge in [-0.3, -0.25) is 25.2 Å². The molecule has 0 aliphatic rings. The van der Waals surface area contributed by atoms with Gasteiger partial charge < -0.3 is 78.9 Å². The van der Waals surface area contributed by atoms with E-state index in [1.54, 1.807) is 6.92 Å². The van der Waals surface area contributed by atoms with E-state index in [0.717, 1.165) is 34.7 Å². The van der Waals surface area contributed by atoms with E-state index in [0.29, 0.717) is 13.0 Å². The van der Waals surface area contributed by atoms with Crippen LogP contribution < -0.4 is 33.2 Å². The molecule has 0 saturated carbocycles. The van der Waals surface area contributed by atoms with Gasteiger partial charge in [0.1, 0.15) is 36.6 Å². The second-order valence-electron chi connectivity index (χ2n) is 15.4. The number of fused-ring (bicyclic) bond motifs is 1. The van der Waals surface area contributed by atoms with Crippen LogP contribution in [0.2, 0.25) is 5.15 Å². The normalized spacial score (nSPS) is 16.7. The highest BCUT2D eigenvalue weighted by Gasteiger charge is 2.35. The molecule has 0 aliphatic heterocycles. The highest BCUT2D eigenvalue weighted by atomic mass is 35.5. The minimum Gasteiger partial charge on any atom is -0.394 e. The molecular weight excluding hydrogens is 836 g/mol. The number of hydrogen-bond acceptors (Lipinski definition) is 19. The summed E-state index contributed by atoms with van der Waals surface area (Å²) in [5, 5.41) is 118. The second-order valence-corrected chi connectivity index (χ2v) is 15.7. The average Bonchev–Trinajstić information content (AvgIpc) is 3.24. The minimum atomic E-state index is -1.92. The molecule has 3 aromatic rings. The Hall–Kier alpha value is -4.40. The molecule has 20 N–H and O–H groups in total. The summed E-state index contributed by atoms with van der Waals surface area (Å²) in [6.45, 7) is -0.351. The van der Waals surface area contributed by atoms with Crippen LogP contribution in [0.5, 0.6) is 0 Å². The summed E-state index contributed by atoms with van der Waals surface area (Å²) in [5.74, 6) is -1.96. The van der Waals surface area contributed by atoms with Crippen molar-refractivity contribution in [3.63, 3.8) is 0 Å². The molecule has 0 spiro atoms. The summed E-state index contributed by atoms with van der Waals surface area (Å²) in [6, 6.07) is 11.8. The number of amides is 2. The number of carbonyl (C=O) groups excluding carboxylic acids is 2. The van der Waals surface area contributed by atoms with Gasteiger partial charge >= 0.3 is 0 Å². The number of hydrogen-bond donors (Lipinski definition) is 17. The van der Waals surface area contributed by atoms with Crippen LogP contribution in [0.1, 0.15) is 47.8 Å². The van der Waals surface area contributed by atoms with Crippen LogP contribution in [-0.4, -0.2) is 184 Å². The first-order valence-corrected chi connectivity index (χ1v) is 20.3. The fraction of sp³-hybridized carbons (Fsp3) is 0.564. The Bertz CT molecular complexity index is 1910. The average molecular weight is 897 g/mol. The molecule has 9 atom stereocenters. The molecule has 0 fully saturated rings. The van der Waals surface area contributed by atoms with Gasteiger partial charge in [0.15, 0.2) is 28.4 Å². The van der Waals surface area contributed by atoms with Crippen LogP contribution in [0, 0.1) is 5.41 Å². The first-order chi connectivity index (χ1) is 29.2. The van der Waals surface area contributed by atoms with Crippen LogP contribution in [0.3, 0.4) is 0 Å². The van der Waals surface area contributed by atoms with E-state index in [1.165, 1.54) is 4.90 Å². The molecule has 0 unspecified atom stereocenters. The number of nitrogens with zero attached hydrogens (tertiary/aromatic N) is 3. The number of aromatic nitrogens is 2. The first-order valence-electron chi connectivity index (χ1n) is 19.9. The summed E-state index contributed by atoms with van der Waals surface area (Å²) in [7, 11) is 0. The molecule has 0 bridgehead atoms.